The van der Waals surface area contributed by atoms with Gasteiger partial charge in [-0.1, -0.05) is 13.8 Å². The normalized spacial score (nSPS) is 24.2. The van der Waals surface area contributed by atoms with Gasteiger partial charge in [0, 0.05) is 19.1 Å². The van der Waals surface area contributed by atoms with Crippen molar-refractivity contribution in [3.05, 3.63) is 0 Å². The van der Waals surface area contributed by atoms with E-state index in [9.17, 15) is 0 Å². The molecule has 2 atom stereocenters. The lowest BCUT2D eigenvalue weighted by Crippen LogP contribution is -2.39. The van der Waals surface area contributed by atoms with Gasteiger partial charge in [0.05, 0.1) is 0 Å². The molecule has 0 amide bonds. The first-order valence-corrected chi connectivity index (χ1v) is 8.01. The van der Waals surface area contributed by atoms with E-state index in [0.717, 1.165) is 18.4 Å². The minimum absolute atomic E-state index is 0.635. The SMILES string of the molecule is CSCCCC(CN)N1CCC(C(C)C)C1. The molecule has 1 aliphatic rings. The molecule has 3 heteroatoms. The summed E-state index contributed by atoms with van der Waals surface area (Å²) in [5, 5.41) is 0. The highest BCUT2D eigenvalue weighted by atomic mass is 32.2. The Balaban J connectivity index is 2.31. The molecule has 1 rings (SSSR count). The lowest BCUT2D eigenvalue weighted by Gasteiger charge is -2.27. The second-order valence-electron chi connectivity index (χ2n) is 5.31. The number of hydrogen-bond acceptors (Lipinski definition) is 3. The smallest absolute Gasteiger partial charge is 0.0218 e. The van der Waals surface area contributed by atoms with Gasteiger partial charge in [0.1, 0.15) is 0 Å². The Hall–Kier alpha value is 0.270. The monoisotopic (exact) mass is 244 g/mol. The zero-order valence-electron chi connectivity index (χ0n) is 11.1. The average molecular weight is 244 g/mol. The largest absolute Gasteiger partial charge is 0.329 e. The van der Waals surface area contributed by atoms with Crippen molar-refractivity contribution in [2.24, 2.45) is 17.6 Å². The van der Waals surface area contributed by atoms with Crippen LogP contribution in [0.2, 0.25) is 0 Å². The van der Waals surface area contributed by atoms with E-state index in [0.29, 0.717) is 6.04 Å². The van der Waals surface area contributed by atoms with Gasteiger partial charge < -0.3 is 5.73 Å². The van der Waals surface area contributed by atoms with E-state index in [4.69, 9.17) is 5.73 Å². The summed E-state index contributed by atoms with van der Waals surface area (Å²) >= 11 is 1.94. The van der Waals surface area contributed by atoms with Gasteiger partial charge in [0.25, 0.3) is 0 Å². The highest BCUT2D eigenvalue weighted by Gasteiger charge is 2.28. The van der Waals surface area contributed by atoms with Gasteiger partial charge in [-0.2, -0.15) is 11.8 Å². The summed E-state index contributed by atoms with van der Waals surface area (Å²) in [6.07, 6.45) is 6.15. The van der Waals surface area contributed by atoms with Crippen LogP contribution in [0.25, 0.3) is 0 Å². The number of hydrogen-bond donors (Lipinski definition) is 1. The summed E-state index contributed by atoms with van der Waals surface area (Å²) < 4.78 is 0. The van der Waals surface area contributed by atoms with Crippen LogP contribution in [-0.4, -0.2) is 42.6 Å². The second-order valence-corrected chi connectivity index (χ2v) is 6.30. The Labute approximate surface area is 105 Å². The maximum atomic E-state index is 5.91. The maximum Gasteiger partial charge on any atom is 0.0218 e. The Morgan fingerprint density at radius 2 is 2.19 bits per heavy atom. The van der Waals surface area contributed by atoms with E-state index in [-0.39, 0.29) is 0 Å². The minimum atomic E-state index is 0.635. The fourth-order valence-electron chi connectivity index (χ4n) is 2.60. The van der Waals surface area contributed by atoms with Crippen LogP contribution in [-0.2, 0) is 0 Å². The molecule has 0 aromatic rings. The summed E-state index contributed by atoms with van der Waals surface area (Å²) in [5.41, 5.74) is 5.91. The third-order valence-electron chi connectivity index (χ3n) is 3.87. The summed E-state index contributed by atoms with van der Waals surface area (Å²) in [4.78, 5) is 2.63. The molecule has 2 N–H and O–H groups in total. The fourth-order valence-corrected chi connectivity index (χ4v) is 3.06. The Kier molecular flexibility index (Phi) is 6.78. The number of thioether (sulfide) groups is 1. The highest BCUT2D eigenvalue weighted by molar-refractivity contribution is 7.98. The van der Waals surface area contributed by atoms with Crippen molar-refractivity contribution in [2.75, 3.05) is 31.6 Å². The number of likely N-dealkylation sites (tertiary alicyclic amines) is 1. The first kappa shape index (κ1) is 14.3. The Morgan fingerprint density at radius 1 is 1.44 bits per heavy atom. The van der Waals surface area contributed by atoms with Crippen molar-refractivity contribution in [2.45, 2.75) is 39.2 Å². The van der Waals surface area contributed by atoms with Crippen LogP contribution < -0.4 is 5.73 Å². The van der Waals surface area contributed by atoms with Gasteiger partial charge in [0.15, 0.2) is 0 Å². The third kappa shape index (κ3) is 4.27. The molecule has 1 aliphatic heterocycles. The van der Waals surface area contributed by atoms with Crippen molar-refractivity contribution < 1.29 is 0 Å². The first-order chi connectivity index (χ1) is 7.69. The quantitative estimate of drug-likeness (QED) is 0.698. The van der Waals surface area contributed by atoms with Crippen LogP contribution in [0.15, 0.2) is 0 Å². The van der Waals surface area contributed by atoms with Crippen LogP contribution in [0.3, 0.4) is 0 Å². The Bertz CT molecular complexity index is 185. The van der Waals surface area contributed by atoms with E-state index < -0.39 is 0 Å². The van der Waals surface area contributed by atoms with E-state index in [1.165, 1.54) is 38.1 Å². The fraction of sp³-hybridized carbons (Fsp3) is 1.00. The van der Waals surface area contributed by atoms with Gasteiger partial charge in [-0.15, -0.1) is 0 Å². The van der Waals surface area contributed by atoms with Crippen LogP contribution in [0.5, 0.6) is 0 Å². The van der Waals surface area contributed by atoms with E-state index in [1.807, 2.05) is 11.8 Å². The highest BCUT2D eigenvalue weighted by Crippen LogP contribution is 2.26. The molecule has 0 aliphatic carbocycles. The number of nitrogens with two attached hydrogens (primary N) is 1. The lowest BCUT2D eigenvalue weighted by molar-refractivity contribution is 0.218. The zero-order chi connectivity index (χ0) is 12.0. The summed E-state index contributed by atoms with van der Waals surface area (Å²) in [6, 6.07) is 0.635. The van der Waals surface area contributed by atoms with Gasteiger partial charge in [-0.3, -0.25) is 4.90 Å². The standard InChI is InChI=1S/C13H28N2S/c1-11(2)12-6-7-15(10-12)13(9-14)5-4-8-16-3/h11-13H,4-10,14H2,1-3H3. The van der Waals surface area contributed by atoms with Gasteiger partial charge in [-0.25, -0.2) is 0 Å². The van der Waals surface area contributed by atoms with Crippen molar-refractivity contribution in [1.29, 1.82) is 0 Å². The van der Waals surface area contributed by atoms with Gasteiger partial charge in [0.2, 0.25) is 0 Å². The van der Waals surface area contributed by atoms with Crippen LogP contribution in [0, 0.1) is 11.8 Å². The molecule has 16 heavy (non-hydrogen) atoms. The first-order valence-electron chi connectivity index (χ1n) is 6.62. The molecule has 96 valence electrons. The molecule has 0 bridgehead atoms. The average Bonchev–Trinajstić information content (AvgIpc) is 2.74. The third-order valence-corrected chi connectivity index (χ3v) is 4.57. The number of rotatable bonds is 7. The van der Waals surface area contributed by atoms with Crippen LogP contribution in [0.4, 0.5) is 0 Å². The van der Waals surface area contributed by atoms with E-state index >= 15 is 0 Å². The predicted octanol–water partition coefficient (Wildman–Crippen LogP) is 2.43. The molecule has 2 nitrogen and oxygen atoms in total. The predicted molar refractivity (Wildman–Crippen MR) is 75.0 cm³/mol. The summed E-state index contributed by atoms with van der Waals surface area (Å²) in [6.45, 7) is 8.07. The molecule has 0 aromatic heterocycles. The number of nitrogens with zero attached hydrogens (tertiary/aromatic N) is 1. The summed E-state index contributed by atoms with van der Waals surface area (Å²) in [7, 11) is 0. The Morgan fingerprint density at radius 3 is 2.69 bits per heavy atom. The molecular weight excluding hydrogens is 216 g/mol. The summed E-state index contributed by atoms with van der Waals surface area (Å²) in [5.74, 6) is 3.00. The molecule has 0 saturated carbocycles. The topological polar surface area (TPSA) is 29.3 Å². The molecule has 1 heterocycles. The van der Waals surface area contributed by atoms with Gasteiger partial charge >= 0.3 is 0 Å². The zero-order valence-corrected chi connectivity index (χ0v) is 11.9. The van der Waals surface area contributed by atoms with Crippen molar-refractivity contribution in [3.8, 4) is 0 Å². The van der Waals surface area contributed by atoms with E-state index in [2.05, 4.69) is 25.0 Å². The van der Waals surface area contributed by atoms with Crippen LogP contribution >= 0.6 is 11.8 Å². The maximum absolute atomic E-state index is 5.91. The van der Waals surface area contributed by atoms with Crippen LogP contribution in [0.1, 0.15) is 33.1 Å². The minimum Gasteiger partial charge on any atom is -0.329 e. The molecular formula is C13H28N2S. The lowest BCUT2D eigenvalue weighted by atomic mass is 9.95. The second kappa shape index (κ2) is 7.57. The molecule has 0 radical (unpaired) electrons. The van der Waals surface area contributed by atoms with Gasteiger partial charge in [-0.05, 0) is 49.7 Å². The molecule has 1 fully saturated rings. The molecule has 1 saturated heterocycles. The molecule has 2 unspecified atom stereocenters. The van der Waals surface area contributed by atoms with Crippen molar-refractivity contribution >= 4 is 11.8 Å². The van der Waals surface area contributed by atoms with Crippen molar-refractivity contribution in [3.63, 3.8) is 0 Å². The van der Waals surface area contributed by atoms with E-state index in [1.54, 1.807) is 0 Å². The molecule has 0 spiro atoms. The van der Waals surface area contributed by atoms with Crippen molar-refractivity contribution in [1.82, 2.24) is 4.90 Å². The molecule has 0 aromatic carbocycles.